The molecule has 0 aliphatic carbocycles. The highest BCUT2D eigenvalue weighted by Gasteiger charge is 2.23. The zero-order chi connectivity index (χ0) is 15.3. The van der Waals surface area contributed by atoms with Crippen molar-refractivity contribution < 1.29 is 14.1 Å². The van der Waals surface area contributed by atoms with Gasteiger partial charge < -0.3 is 9.26 Å². The predicted molar refractivity (Wildman–Crippen MR) is 75.2 cm³/mol. The van der Waals surface area contributed by atoms with Gasteiger partial charge in [-0.1, -0.05) is 25.9 Å². The Kier molecular flexibility index (Phi) is 5.68. The molecule has 0 spiro atoms. The van der Waals surface area contributed by atoms with Crippen molar-refractivity contribution >= 4 is 5.97 Å². The Morgan fingerprint density at radius 2 is 2.05 bits per heavy atom. The summed E-state index contributed by atoms with van der Waals surface area (Å²) >= 11 is 0. The molecular formula is C14H25N3O3. The number of nitrogens with zero attached hydrogens (tertiary/aromatic N) is 3. The minimum absolute atomic E-state index is 0.147. The molecular weight excluding hydrogens is 258 g/mol. The van der Waals surface area contributed by atoms with Crippen molar-refractivity contribution in [2.75, 3.05) is 13.2 Å². The number of hydrogen-bond acceptors (Lipinski definition) is 6. The molecule has 1 heterocycles. The molecule has 1 aromatic heterocycles. The zero-order valence-corrected chi connectivity index (χ0v) is 13.3. The second-order valence-electron chi connectivity index (χ2n) is 6.07. The van der Waals surface area contributed by atoms with Crippen molar-refractivity contribution in [2.24, 2.45) is 0 Å². The lowest BCUT2D eigenvalue weighted by Gasteiger charge is -2.23. The number of carbonyl (C=O) groups is 1. The number of carbonyl (C=O) groups excluding carboxylic acids is 1. The smallest absolute Gasteiger partial charge is 0.320 e. The van der Waals surface area contributed by atoms with Gasteiger partial charge in [0.2, 0.25) is 5.89 Å². The largest absolute Gasteiger partial charge is 0.465 e. The highest BCUT2D eigenvalue weighted by Crippen LogP contribution is 2.19. The molecule has 0 atom stereocenters. The summed E-state index contributed by atoms with van der Waals surface area (Å²) in [4.78, 5) is 17.9. The van der Waals surface area contributed by atoms with Gasteiger partial charge in [-0.2, -0.15) is 4.98 Å². The maximum atomic E-state index is 11.6. The lowest BCUT2D eigenvalue weighted by molar-refractivity contribution is -0.145. The molecule has 0 fully saturated rings. The topological polar surface area (TPSA) is 68.5 Å². The average molecular weight is 283 g/mol. The number of hydrogen-bond donors (Lipinski definition) is 0. The van der Waals surface area contributed by atoms with E-state index in [-0.39, 0.29) is 24.0 Å². The first-order chi connectivity index (χ1) is 9.24. The van der Waals surface area contributed by atoms with Crippen LogP contribution in [-0.4, -0.2) is 40.2 Å². The average Bonchev–Trinajstić information content (AvgIpc) is 2.76. The number of ether oxygens (including phenoxy) is 1. The summed E-state index contributed by atoms with van der Waals surface area (Å²) in [6.07, 6.45) is 0. The van der Waals surface area contributed by atoms with E-state index in [2.05, 4.69) is 10.1 Å². The minimum atomic E-state index is -0.239. The highest BCUT2D eigenvalue weighted by molar-refractivity contribution is 5.71. The van der Waals surface area contributed by atoms with E-state index in [1.165, 1.54) is 0 Å². The van der Waals surface area contributed by atoms with E-state index in [1.807, 2.05) is 39.5 Å². The van der Waals surface area contributed by atoms with Gasteiger partial charge in [0.05, 0.1) is 19.7 Å². The third-order valence-electron chi connectivity index (χ3n) is 2.85. The molecule has 0 N–H and O–H groups in total. The number of rotatable bonds is 6. The Bertz CT molecular complexity index is 435. The van der Waals surface area contributed by atoms with Crippen LogP contribution < -0.4 is 0 Å². The second kappa shape index (κ2) is 6.83. The standard InChI is InChI=1S/C14H25N3O3/c1-7-19-12(18)9-17(10(2)3)8-11-15-13(16-20-11)14(4,5)6/h10H,7-9H2,1-6H3. The summed E-state index contributed by atoms with van der Waals surface area (Å²) in [7, 11) is 0. The van der Waals surface area contributed by atoms with Crippen LogP contribution in [0.3, 0.4) is 0 Å². The molecule has 0 aliphatic rings. The van der Waals surface area contributed by atoms with Crippen LogP contribution in [0.4, 0.5) is 0 Å². The molecule has 0 saturated carbocycles. The second-order valence-corrected chi connectivity index (χ2v) is 6.07. The van der Waals surface area contributed by atoms with Gasteiger partial charge in [0.1, 0.15) is 0 Å². The van der Waals surface area contributed by atoms with Crippen molar-refractivity contribution in [3.63, 3.8) is 0 Å². The molecule has 0 aliphatic heterocycles. The van der Waals surface area contributed by atoms with Gasteiger partial charge in [0.15, 0.2) is 5.82 Å². The summed E-state index contributed by atoms with van der Waals surface area (Å²) in [5.41, 5.74) is -0.147. The zero-order valence-electron chi connectivity index (χ0n) is 13.3. The van der Waals surface area contributed by atoms with E-state index < -0.39 is 0 Å². The fourth-order valence-corrected chi connectivity index (χ4v) is 1.59. The molecule has 0 aromatic carbocycles. The minimum Gasteiger partial charge on any atom is -0.465 e. The van der Waals surface area contributed by atoms with E-state index >= 15 is 0 Å². The van der Waals surface area contributed by atoms with E-state index in [4.69, 9.17) is 9.26 Å². The van der Waals surface area contributed by atoms with Gasteiger partial charge in [-0.3, -0.25) is 9.69 Å². The maximum Gasteiger partial charge on any atom is 0.320 e. The van der Waals surface area contributed by atoms with Gasteiger partial charge in [-0.05, 0) is 20.8 Å². The summed E-state index contributed by atoms with van der Waals surface area (Å²) in [5, 5.41) is 3.99. The lowest BCUT2D eigenvalue weighted by atomic mass is 9.96. The molecule has 20 heavy (non-hydrogen) atoms. The molecule has 0 radical (unpaired) electrons. The van der Waals surface area contributed by atoms with Gasteiger partial charge in [0.25, 0.3) is 0 Å². The third-order valence-corrected chi connectivity index (χ3v) is 2.85. The molecule has 114 valence electrons. The fourth-order valence-electron chi connectivity index (χ4n) is 1.59. The van der Waals surface area contributed by atoms with E-state index in [0.29, 0.717) is 24.9 Å². The first-order valence-corrected chi connectivity index (χ1v) is 6.96. The summed E-state index contributed by atoms with van der Waals surface area (Å²) in [6, 6.07) is 0.185. The van der Waals surface area contributed by atoms with Crippen LogP contribution in [0.15, 0.2) is 4.52 Å². The van der Waals surface area contributed by atoms with Crippen molar-refractivity contribution in [3.8, 4) is 0 Å². The normalized spacial score (nSPS) is 12.2. The SMILES string of the molecule is CCOC(=O)CN(Cc1nc(C(C)(C)C)no1)C(C)C. The molecule has 0 amide bonds. The van der Waals surface area contributed by atoms with Gasteiger partial charge in [-0.25, -0.2) is 0 Å². The van der Waals surface area contributed by atoms with E-state index in [1.54, 1.807) is 6.92 Å². The van der Waals surface area contributed by atoms with Crippen LogP contribution in [-0.2, 0) is 21.5 Å². The van der Waals surface area contributed by atoms with Crippen LogP contribution in [0.2, 0.25) is 0 Å². The Balaban J connectivity index is 2.71. The van der Waals surface area contributed by atoms with Crippen LogP contribution in [0.25, 0.3) is 0 Å². The summed E-state index contributed by atoms with van der Waals surface area (Å²) in [6.45, 7) is 13.0. The highest BCUT2D eigenvalue weighted by atomic mass is 16.5. The third kappa shape index (κ3) is 4.92. The van der Waals surface area contributed by atoms with Gasteiger partial charge in [-0.15, -0.1) is 0 Å². The van der Waals surface area contributed by atoms with Crippen LogP contribution >= 0.6 is 0 Å². The number of aromatic nitrogens is 2. The summed E-state index contributed by atoms with van der Waals surface area (Å²) in [5.74, 6) is 0.956. The molecule has 0 unspecified atom stereocenters. The predicted octanol–water partition coefficient (Wildman–Crippen LogP) is 2.14. The fraction of sp³-hybridized carbons (Fsp3) is 0.786. The maximum absolute atomic E-state index is 11.6. The molecule has 0 saturated heterocycles. The van der Waals surface area contributed by atoms with Crippen molar-refractivity contribution in [1.82, 2.24) is 15.0 Å². The number of esters is 1. The Morgan fingerprint density at radius 1 is 1.40 bits per heavy atom. The summed E-state index contributed by atoms with van der Waals surface area (Å²) < 4.78 is 10.2. The van der Waals surface area contributed by atoms with E-state index in [9.17, 15) is 4.79 Å². The first kappa shape index (κ1) is 16.6. The van der Waals surface area contributed by atoms with Gasteiger partial charge in [0, 0.05) is 11.5 Å². The van der Waals surface area contributed by atoms with Crippen molar-refractivity contribution in [1.29, 1.82) is 0 Å². The van der Waals surface area contributed by atoms with Crippen LogP contribution in [0, 0.1) is 0 Å². The molecule has 1 aromatic rings. The van der Waals surface area contributed by atoms with Gasteiger partial charge >= 0.3 is 5.97 Å². The Morgan fingerprint density at radius 3 is 2.50 bits per heavy atom. The first-order valence-electron chi connectivity index (χ1n) is 6.96. The molecule has 1 rings (SSSR count). The monoisotopic (exact) mass is 283 g/mol. The lowest BCUT2D eigenvalue weighted by Crippen LogP contribution is -2.36. The van der Waals surface area contributed by atoms with Crippen LogP contribution in [0.1, 0.15) is 53.3 Å². The molecule has 6 heteroatoms. The van der Waals surface area contributed by atoms with Crippen molar-refractivity contribution in [3.05, 3.63) is 11.7 Å². The molecule has 0 bridgehead atoms. The van der Waals surface area contributed by atoms with Crippen LogP contribution in [0.5, 0.6) is 0 Å². The Hall–Kier alpha value is -1.43. The van der Waals surface area contributed by atoms with Crippen molar-refractivity contribution in [2.45, 2.75) is 59.5 Å². The van der Waals surface area contributed by atoms with E-state index in [0.717, 1.165) is 0 Å². The Labute approximate surface area is 120 Å². The molecule has 6 nitrogen and oxygen atoms in total. The quantitative estimate of drug-likeness (QED) is 0.745.